The van der Waals surface area contributed by atoms with Crippen molar-refractivity contribution >= 4 is 21.7 Å². The number of ketones is 1. The van der Waals surface area contributed by atoms with Crippen molar-refractivity contribution in [1.82, 2.24) is 0 Å². The van der Waals surface area contributed by atoms with Crippen molar-refractivity contribution in [2.75, 3.05) is 14.2 Å². The normalized spacial score (nSPS) is 10.2. The molecule has 3 nitrogen and oxygen atoms in total. The Kier molecular flexibility index (Phi) is 5.39. The molecule has 0 aliphatic rings. The molecule has 110 valence electrons. The van der Waals surface area contributed by atoms with E-state index in [9.17, 15) is 4.79 Å². The number of rotatable bonds is 6. The van der Waals surface area contributed by atoms with Gasteiger partial charge in [0.05, 0.1) is 14.2 Å². The van der Waals surface area contributed by atoms with Gasteiger partial charge in [0.15, 0.2) is 17.3 Å². The van der Waals surface area contributed by atoms with Gasteiger partial charge in [0.25, 0.3) is 0 Å². The van der Waals surface area contributed by atoms with E-state index in [1.165, 1.54) is 0 Å². The highest BCUT2D eigenvalue weighted by molar-refractivity contribution is 9.10. The van der Waals surface area contributed by atoms with Crippen LogP contribution in [0.4, 0.5) is 0 Å². The minimum atomic E-state index is 0.0935. The Morgan fingerprint density at radius 2 is 1.81 bits per heavy atom. The summed E-state index contributed by atoms with van der Waals surface area (Å²) in [6.45, 7) is 0. The van der Waals surface area contributed by atoms with Gasteiger partial charge >= 0.3 is 0 Å². The molecule has 21 heavy (non-hydrogen) atoms. The van der Waals surface area contributed by atoms with E-state index in [1.807, 2.05) is 24.3 Å². The molecule has 2 rings (SSSR count). The van der Waals surface area contributed by atoms with E-state index < -0.39 is 0 Å². The Hall–Kier alpha value is -1.81. The van der Waals surface area contributed by atoms with Crippen LogP contribution >= 0.6 is 15.9 Å². The van der Waals surface area contributed by atoms with Crippen LogP contribution < -0.4 is 9.47 Å². The SMILES string of the molecule is COc1ccc(C(=O)CCc2cccc(Br)c2)cc1OC. The van der Waals surface area contributed by atoms with Gasteiger partial charge in [-0.3, -0.25) is 4.79 Å². The summed E-state index contributed by atoms with van der Waals surface area (Å²) in [5.41, 5.74) is 1.78. The Morgan fingerprint density at radius 1 is 1.05 bits per heavy atom. The molecule has 0 bridgehead atoms. The number of carbonyl (C=O) groups is 1. The van der Waals surface area contributed by atoms with E-state index >= 15 is 0 Å². The zero-order valence-electron chi connectivity index (χ0n) is 12.1. The molecule has 0 radical (unpaired) electrons. The molecule has 0 N–H and O–H groups in total. The molecule has 0 unspecified atom stereocenters. The van der Waals surface area contributed by atoms with Gasteiger partial charge in [0.1, 0.15) is 0 Å². The zero-order valence-corrected chi connectivity index (χ0v) is 13.6. The van der Waals surface area contributed by atoms with E-state index in [1.54, 1.807) is 32.4 Å². The van der Waals surface area contributed by atoms with E-state index in [-0.39, 0.29) is 5.78 Å². The topological polar surface area (TPSA) is 35.5 Å². The van der Waals surface area contributed by atoms with E-state index in [2.05, 4.69) is 15.9 Å². The predicted octanol–water partition coefficient (Wildman–Crippen LogP) is 4.28. The summed E-state index contributed by atoms with van der Waals surface area (Å²) in [4.78, 5) is 12.3. The van der Waals surface area contributed by atoms with Crippen LogP contribution in [0.5, 0.6) is 11.5 Å². The van der Waals surface area contributed by atoms with Gasteiger partial charge in [0, 0.05) is 16.5 Å². The molecule has 0 saturated heterocycles. The molecule has 0 saturated carbocycles. The van der Waals surface area contributed by atoms with Gasteiger partial charge in [-0.1, -0.05) is 28.1 Å². The fourth-order valence-electron chi connectivity index (χ4n) is 2.10. The van der Waals surface area contributed by atoms with Crippen molar-refractivity contribution in [3.05, 3.63) is 58.1 Å². The second kappa shape index (κ2) is 7.27. The lowest BCUT2D eigenvalue weighted by Gasteiger charge is -2.09. The smallest absolute Gasteiger partial charge is 0.163 e. The van der Waals surface area contributed by atoms with Crippen LogP contribution in [0.1, 0.15) is 22.3 Å². The molecule has 0 aliphatic heterocycles. The van der Waals surface area contributed by atoms with Crippen LogP contribution in [0.2, 0.25) is 0 Å². The Balaban J connectivity index is 2.06. The average Bonchev–Trinajstić information content (AvgIpc) is 2.52. The van der Waals surface area contributed by atoms with Crippen molar-refractivity contribution in [2.24, 2.45) is 0 Å². The lowest BCUT2D eigenvalue weighted by atomic mass is 10.0. The third kappa shape index (κ3) is 4.08. The molecular formula is C17H17BrO3. The van der Waals surface area contributed by atoms with Crippen LogP contribution in [0.25, 0.3) is 0 Å². The maximum Gasteiger partial charge on any atom is 0.163 e. The highest BCUT2D eigenvalue weighted by Gasteiger charge is 2.11. The quantitative estimate of drug-likeness (QED) is 0.730. The summed E-state index contributed by atoms with van der Waals surface area (Å²) in [6.07, 6.45) is 1.18. The second-order valence-corrected chi connectivity index (χ2v) is 5.54. The number of Topliss-reactive ketones (excluding diaryl/α,β-unsaturated/α-hetero) is 1. The van der Waals surface area contributed by atoms with Crippen molar-refractivity contribution in [1.29, 1.82) is 0 Å². The first kappa shape index (κ1) is 15.6. The summed E-state index contributed by atoms with van der Waals surface area (Å²) in [5, 5.41) is 0. The summed E-state index contributed by atoms with van der Waals surface area (Å²) < 4.78 is 11.4. The maximum atomic E-state index is 12.3. The first-order valence-electron chi connectivity index (χ1n) is 6.63. The van der Waals surface area contributed by atoms with Crippen molar-refractivity contribution in [3.8, 4) is 11.5 Å². The molecule has 0 aromatic heterocycles. The molecular weight excluding hydrogens is 332 g/mol. The molecule has 0 atom stereocenters. The summed E-state index contributed by atoms with van der Waals surface area (Å²) in [5.74, 6) is 1.29. The molecule has 0 heterocycles. The molecule has 0 aliphatic carbocycles. The fourth-order valence-corrected chi connectivity index (χ4v) is 2.55. The van der Waals surface area contributed by atoms with Gasteiger partial charge in [-0.2, -0.15) is 0 Å². The minimum Gasteiger partial charge on any atom is -0.493 e. The van der Waals surface area contributed by atoms with Crippen LogP contribution in [0, 0.1) is 0 Å². The highest BCUT2D eigenvalue weighted by atomic mass is 79.9. The van der Waals surface area contributed by atoms with Crippen LogP contribution in [-0.4, -0.2) is 20.0 Å². The van der Waals surface area contributed by atoms with Gasteiger partial charge < -0.3 is 9.47 Å². The number of hydrogen-bond donors (Lipinski definition) is 0. The van der Waals surface area contributed by atoms with Gasteiger partial charge in [-0.05, 0) is 42.3 Å². The van der Waals surface area contributed by atoms with Gasteiger partial charge in [-0.15, -0.1) is 0 Å². The van der Waals surface area contributed by atoms with E-state index in [4.69, 9.17) is 9.47 Å². The van der Waals surface area contributed by atoms with E-state index in [0.29, 0.717) is 29.9 Å². The number of carbonyl (C=O) groups excluding carboxylic acids is 1. The fraction of sp³-hybridized carbons (Fsp3) is 0.235. The predicted molar refractivity (Wildman–Crippen MR) is 86.3 cm³/mol. The summed E-state index contributed by atoms with van der Waals surface area (Å²) in [6, 6.07) is 13.2. The first-order valence-corrected chi connectivity index (χ1v) is 7.43. The zero-order chi connectivity index (χ0) is 15.2. The Morgan fingerprint density at radius 3 is 2.48 bits per heavy atom. The van der Waals surface area contributed by atoms with Crippen molar-refractivity contribution in [2.45, 2.75) is 12.8 Å². The third-order valence-corrected chi connectivity index (χ3v) is 3.73. The number of methoxy groups -OCH3 is 2. The van der Waals surface area contributed by atoms with Crippen LogP contribution in [0.3, 0.4) is 0 Å². The number of hydrogen-bond acceptors (Lipinski definition) is 3. The van der Waals surface area contributed by atoms with Crippen molar-refractivity contribution < 1.29 is 14.3 Å². The lowest BCUT2D eigenvalue weighted by Crippen LogP contribution is -2.02. The Labute approximate surface area is 133 Å². The Bertz CT molecular complexity index is 638. The van der Waals surface area contributed by atoms with Crippen LogP contribution in [0.15, 0.2) is 46.9 Å². The van der Waals surface area contributed by atoms with Crippen molar-refractivity contribution in [3.63, 3.8) is 0 Å². The molecule has 0 spiro atoms. The van der Waals surface area contributed by atoms with E-state index in [0.717, 1.165) is 10.0 Å². The minimum absolute atomic E-state index is 0.0935. The lowest BCUT2D eigenvalue weighted by molar-refractivity contribution is 0.0982. The number of halogens is 1. The molecule has 2 aromatic rings. The monoisotopic (exact) mass is 348 g/mol. The molecule has 0 fully saturated rings. The standard InChI is InChI=1S/C17H17BrO3/c1-20-16-9-7-13(11-17(16)21-2)15(19)8-6-12-4-3-5-14(18)10-12/h3-5,7,9-11H,6,8H2,1-2H3. The summed E-state index contributed by atoms with van der Waals surface area (Å²) >= 11 is 3.43. The largest absolute Gasteiger partial charge is 0.493 e. The maximum absolute atomic E-state index is 12.3. The van der Waals surface area contributed by atoms with Crippen LogP contribution in [-0.2, 0) is 6.42 Å². The summed E-state index contributed by atoms with van der Waals surface area (Å²) in [7, 11) is 3.14. The molecule has 2 aromatic carbocycles. The third-order valence-electron chi connectivity index (χ3n) is 3.24. The van der Waals surface area contributed by atoms with Gasteiger partial charge in [-0.25, -0.2) is 0 Å². The average molecular weight is 349 g/mol. The number of aryl methyl sites for hydroxylation is 1. The molecule has 0 amide bonds. The van der Waals surface area contributed by atoms with Gasteiger partial charge in [0.2, 0.25) is 0 Å². The first-order chi connectivity index (χ1) is 10.1. The highest BCUT2D eigenvalue weighted by Crippen LogP contribution is 2.28. The number of ether oxygens (including phenoxy) is 2. The second-order valence-electron chi connectivity index (χ2n) is 4.62. The number of benzene rings is 2. The molecule has 4 heteroatoms.